The predicted octanol–water partition coefficient (Wildman–Crippen LogP) is 3.04. The Labute approximate surface area is 216 Å². The van der Waals surface area contributed by atoms with Gasteiger partial charge in [0.15, 0.2) is 11.2 Å². The largest absolute Gasteiger partial charge is 0.394 e. The molecule has 2 unspecified atom stereocenters. The van der Waals surface area contributed by atoms with E-state index in [1.54, 1.807) is 4.57 Å². The van der Waals surface area contributed by atoms with Crippen molar-refractivity contribution in [1.82, 2.24) is 19.5 Å². The minimum atomic E-state index is -3.72. The summed E-state index contributed by atoms with van der Waals surface area (Å²) in [7, 11) is -3.72. The molecule has 0 saturated carbocycles. The number of benzene rings is 1. The van der Waals surface area contributed by atoms with Crippen molar-refractivity contribution in [3.63, 3.8) is 0 Å². The van der Waals surface area contributed by atoms with Crippen LogP contribution in [0.15, 0.2) is 39.9 Å². The number of hydrogen-bond donors (Lipinski definition) is 3. The molecule has 0 spiro atoms. The van der Waals surface area contributed by atoms with Crippen molar-refractivity contribution in [3.05, 3.63) is 51.0 Å². The lowest BCUT2D eigenvalue weighted by molar-refractivity contribution is -0.0199. The van der Waals surface area contributed by atoms with Crippen molar-refractivity contribution in [2.75, 3.05) is 38.5 Å². The first kappa shape index (κ1) is 28.5. The van der Waals surface area contributed by atoms with Gasteiger partial charge in [-0.1, -0.05) is 41.4 Å². The van der Waals surface area contributed by atoms with Gasteiger partial charge < -0.3 is 33.9 Å². The van der Waals surface area contributed by atoms with Gasteiger partial charge in [0.2, 0.25) is 5.95 Å². The summed E-state index contributed by atoms with van der Waals surface area (Å²) in [6, 6.07) is 7.40. The van der Waals surface area contributed by atoms with Gasteiger partial charge in [-0.05, 0) is 24.1 Å². The van der Waals surface area contributed by atoms with Crippen LogP contribution in [-0.2, 0) is 36.2 Å². The molecule has 2 atom stereocenters. The third kappa shape index (κ3) is 8.48. The number of nitrogen functional groups attached to an aromatic ring is 1. The Balaban J connectivity index is 1.61. The molecule has 0 radical (unpaired) electrons. The number of nitrogens with zero attached hydrogens (tertiary/aromatic N) is 3. The molecule has 1 aromatic carbocycles. The maximum absolute atomic E-state index is 13.5. The van der Waals surface area contributed by atoms with Gasteiger partial charge in [0.1, 0.15) is 12.5 Å². The van der Waals surface area contributed by atoms with Gasteiger partial charge in [-0.25, -0.2) is 4.98 Å². The SMILES string of the molecule is CCCCOC(CO)COP(=O)(COCCn1cnc2c(=O)[nH]c(N)nc21)OCc1cccc(Br)c1. The van der Waals surface area contributed by atoms with Crippen LogP contribution in [0.4, 0.5) is 5.95 Å². The number of nitrogens with one attached hydrogen (secondary N) is 1. The molecule has 14 heteroatoms. The lowest BCUT2D eigenvalue weighted by Gasteiger charge is -2.22. The number of aliphatic hydroxyl groups is 1. The van der Waals surface area contributed by atoms with E-state index in [4.69, 9.17) is 24.3 Å². The molecule has 12 nitrogen and oxygen atoms in total. The van der Waals surface area contributed by atoms with Crippen molar-refractivity contribution in [1.29, 1.82) is 0 Å². The normalized spacial score (nSPS) is 14.2. The summed E-state index contributed by atoms with van der Waals surface area (Å²) in [6.45, 7) is 2.53. The highest BCUT2D eigenvalue weighted by atomic mass is 79.9. The van der Waals surface area contributed by atoms with Crippen molar-refractivity contribution in [2.45, 2.75) is 39.0 Å². The van der Waals surface area contributed by atoms with Gasteiger partial charge in [0.05, 0.1) is 32.8 Å². The Hall–Kier alpha value is -2.12. The summed E-state index contributed by atoms with van der Waals surface area (Å²) >= 11 is 3.40. The van der Waals surface area contributed by atoms with Crippen molar-refractivity contribution < 1.29 is 28.2 Å². The van der Waals surface area contributed by atoms with E-state index in [1.807, 2.05) is 31.2 Å². The van der Waals surface area contributed by atoms with Crippen LogP contribution in [0.25, 0.3) is 11.2 Å². The van der Waals surface area contributed by atoms with E-state index in [-0.39, 0.29) is 50.8 Å². The topological polar surface area (TPSA) is 164 Å². The fourth-order valence-corrected chi connectivity index (χ4v) is 4.89. The molecule has 0 aliphatic carbocycles. The number of rotatable bonds is 16. The number of unbranched alkanes of at least 4 members (excludes halogenated alkanes) is 1. The maximum atomic E-state index is 13.5. The van der Waals surface area contributed by atoms with Crippen LogP contribution >= 0.6 is 23.5 Å². The molecule has 3 rings (SSSR count). The van der Waals surface area contributed by atoms with E-state index >= 15 is 0 Å². The highest BCUT2D eigenvalue weighted by molar-refractivity contribution is 9.10. The third-order valence-corrected chi connectivity index (χ3v) is 7.11. The van der Waals surface area contributed by atoms with Crippen LogP contribution in [0, 0.1) is 0 Å². The smallest absolute Gasteiger partial charge is 0.356 e. The summed E-state index contributed by atoms with van der Waals surface area (Å²) in [5, 5.41) is 9.59. The predicted molar refractivity (Wildman–Crippen MR) is 138 cm³/mol. The lowest BCUT2D eigenvalue weighted by Crippen LogP contribution is -2.24. The second kappa shape index (κ2) is 14.0. The number of ether oxygens (including phenoxy) is 2. The zero-order valence-corrected chi connectivity index (χ0v) is 22.4. The van der Waals surface area contributed by atoms with E-state index in [0.717, 1.165) is 22.9 Å². The van der Waals surface area contributed by atoms with Gasteiger partial charge >= 0.3 is 7.60 Å². The van der Waals surface area contributed by atoms with Crippen LogP contribution < -0.4 is 11.3 Å². The van der Waals surface area contributed by atoms with Crippen molar-refractivity contribution in [2.24, 2.45) is 0 Å². The highest BCUT2D eigenvalue weighted by Crippen LogP contribution is 2.49. The van der Waals surface area contributed by atoms with Crippen LogP contribution in [0.3, 0.4) is 0 Å². The minimum absolute atomic E-state index is 0.0198. The van der Waals surface area contributed by atoms with E-state index in [2.05, 4.69) is 30.9 Å². The first-order chi connectivity index (χ1) is 17.3. The van der Waals surface area contributed by atoms with Crippen molar-refractivity contribution in [3.8, 4) is 0 Å². The number of aromatic amines is 1. The van der Waals surface area contributed by atoms with Crippen LogP contribution in [0.5, 0.6) is 0 Å². The molecule has 0 aliphatic heterocycles. The Morgan fingerprint density at radius 2 is 2.14 bits per heavy atom. The third-order valence-electron chi connectivity index (χ3n) is 5.05. The van der Waals surface area contributed by atoms with Crippen LogP contribution in [0.1, 0.15) is 25.3 Å². The number of aromatic nitrogens is 4. The van der Waals surface area contributed by atoms with Gasteiger partial charge in [0, 0.05) is 17.6 Å². The van der Waals surface area contributed by atoms with Crippen LogP contribution in [-0.4, -0.2) is 63.5 Å². The Bertz CT molecular complexity index is 1220. The number of nitrogens with two attached hydrogens (primary N) is 1. The highest BCUT2D eigenvalue weighted by Gasteiger charge is 2.27. The average Bonchev–Trinajstić information content (AvgIpc) is 3.26. The van der Waals surface area contributed by atoms with Gasteiger partial charge in [0.25, 0.3) is 5.56 Å². The molecular formula is C22H31BrN5O7P. The molecule has 0 aliphatic rings. The second-order valence-corrected chi connectivity index (χ2v) is 10.8. The molecule has 198 valence electrons. The molecular weight excluding hydrogens is 557 g/mol. The number of hydrogen-bond acceptors (Lipinski definition) is 10. The summed E-state index contributed by atoms with van der Waals surface area (Å²) in [4.78, 5) is 22.5. The molecule has 0 bridgehead atoms. The number of aliphatic hydroxyl groups excluding tert-OH is 1. The molecule has 0 saturated heterocycles. The molecule has 0 fully saturated rings. The Kier molecular flexibility index (Phi) is 11.1. The van der Waals surface area contributed by atoms with Gasteiger partial charge in [-0.15, -0.1) is 0 Å². The molecule has 36 heavy (non-hydrogen) atoms. The lowest BCUT2D eigenvalue weighted by atomic mass is 10.2. The van der Waals surface area contributed by atoms with E-state index < -0.39 is 19.3 Å². The molecule has 2 heterocycles. The van der Waals surface area contributed by atoms with E-state index in [0.29, 0.717) is 12.3 Å². The summed E-state index contributed by atoms with van der Waals surface area (Å²) < 4.78 is 38.5. The molecule has 0 amide bonds. The zero-order chi connectivity index (χ0) is 26.0. The second-order valence-electron chi connectivity index (χ2n) is 7.94. The van der Waals surface area contributed by atoms with Crippen LogP contribution in [0.2, 0.25) is 0 Å². The van der Waals surface area contributed by atoms with Gasteiger partial charge in [-0.3, -0.25) is 14.3 Å². The fraction of sp³-hybridized carbons (Fsp3) is 0.500. The summed E-state index contributed by atoms with van der Waals surface area (Å²) in [6.07, 6.45) is 2.29. The number of imidazole rings is 1. The van der Waals surface area contributed by atoms with Gasteiger partial charge in [-0.2, -0.15) is 4.98 Å². The maximum Gasteiger partial charge on any atom is 0.356 e. The number of fused-ring (bicyclic) bond motifs is 1. The standard InChI is InChI=1S/C22H31BrN5O7P/c1-2-3-8-33-18(11-29)13-35-36(31,34-12-16-5-4-6-17(23)10-16)15-32-9-7-28-14-25-19-20(28)26-22(24)27-21(19)30/h4-6,10,14,18,29H,2-3,7-9,11-13,15H2,1H3,(H3,24,26,27,30). The monoisotopic (exact) mass is 587 g/mol. The van der Waals surface area contributed by atoms with E-state index in [9.17, 15) is 14.5 Å². The number of halogens is 1. The molecule has 2 aromatic heterocycles. The summed E-state index contributed by atoms with van der Waals surface area (Å²) in [5.74, 6) is -0.0198. The van der Waals surface area contributed by atoms with Crippen molar-refractivity contribution >= 4 is 40.6 Å². The summed E-state index contributed by atoms with van der Waals surface area (Å²) in [5.41, 5.74) is 6.46. The first-order valence-electron chi connectivity index (χ1n) is 11.5. The number of anilines is 1. The number of H-pyrrole nitrogens is 1. The van der Waals surface area contributed by atoms with E-state index in [1.165, 1.54) is 6.33 Å². The molecule has 4 N–H and O–H groups in total. The quantitative estimate of drug-likeness (QED) is 0.167. The average molecular weight is 588 g/mol. The Morgan fingerprint density at radius 1 is 1.31 bits per heavy atom. The fourth-order valence-electron chi connectivity index (χ4n) is 3.13. The minimum Gasteiger partial charge on any atom is -0.394 e. The first-order valence-corrected chi connectivity index (χ1v) is 14.0. The Morgan fingerprint density at radius 3 is 2.89 bits per heavy atom. The zero-order valence-electron chi connectivity index (χ0n) is 20.0. The molecule has 3 aromatic rings.